The molecule has 0 spiro atoms. The molecule has 26 heavy (non-hydrogen) atoms. The Morgan fingerprint density at radius 3 is 2.58 bits per heavy atom. The second-order valence-corrected chi connectivity index (χ2v) is 7.22. The number of carbonyl (C=O) groups is 1. The first kappa shape index (κ1) is 21.7. The summed E-state index contributed by atoms with van der Waals surface area (Å²) in [6, 6.07) is -0.0773. The number of carbonyl (C=O) groups excluding carboxylic acids is 1. The van der Waals surface area contributed by atoms with Crippen LogP contribution in [-0.4, -0.2) is 33.1 Å². The Bertz CT molecular complexity index is 665. The molecule has 1 aromatic rings. The summed E-state index contributed by atoms with van der Waals surface area (Å²) in [4.78, 5) is 21.9. The number of allylic oxidation sites excluding steroid dienone is 4. The van der Waals surface area contributed by atoms with Gasteiger partial charge >= 0.3 is 6.09 Å². The number of H-pyrrole nitrogens is 1. The Balaban J connectivity index is 0.00000163. The van der Waals surface area contributed by atoms with Gasteiger partial charge < -0.3 is 9.72 Å². The standard InChI is InChI=1S/C19H27N3O2.C2H6/c1-13(2)9-10-14(3)15-12-20-17(21-15)16-8-7-11-22(16)18(23)24-19(4,5)6;1-2/h9-10,12,16H,1,3,7-8,11H2,2,4-6H3,(H,20,21);1-2H3/b10-9-;. The van der Waals surface area contributed by atoms with Crippen LogP contribution < -0.4 is 0 Å². The topological polar surface area (TPSA) is 58.2 Å². The third-order valence-corrected chi connectivity index (χ3v) is 3.71. The predicted octanol–water partition coefficient (Wildman–Crippen LogP) is 5.65. The van der Waals surface area contributed by atoms with E-state index in [9.17, 15) is 4.79 Å². The van der Waals surface area contributed by atoms with Crippen molar-refractivity contribution >= 4 is 11.7 Å². The molecule has 0 bridgehead atoms. The number of ether oxygens (including phenoxy) is 1. The molecule has 2 rings (SSSR count). The van der Waals surface area contributed by atoms with Crippen molar-refractivity contribution in [3.05, 3.63) is 48.6 Å². The van der Waals surface area contributed by atoms with Crippen LogP contribution in [-0.2, 0) is 4.74 Å². The second kappa shape index (κ2) is 9.41. The van der Waals surface area contributed by atoms with Crippen LogP contribution in [0.4, 0.5) is 4.79 Å². The van der Waals surface area contributed by atoms with Crippen LogP contribution in [0.5, 0.6) is 0 Å². The van der Waals surface area contributed by atoms with Crippen molar-refractivity contribution in [2.45, 2.75) is 66.0 Å². The van der Waals surface area contributed by atoms with Crippen molar-refractivity contribution in [3.8, 4) is 0 Å². The Hall–Kier alpha value is -2.30. The minimum absolute atomic E-state index is 0.0773. The molecule has 1 amide bonds. The number of nitrogens with one attached hydrogen (secondary N) is 1. The molecule has 5 nitrogen and oxygen atoms in total. The maximum atomic E-state index is 12.4. The fourth-order valence-electron chi connectivity index (χ4n) is 2.59. The van der Waals surface area contributed by atoms with Crippen molar-refractivity contribution < 1.29 is 9.53 Å². The number of hydrogen-bond donors (Lipinski definition) is 1. The molecule has 1 aliphatic rings. The minimum Gasteiger partial charge on any atom is -0.444 e. The molecule has 1 aromatic heterocycles. The lowest BCUT2D eigenvalue weighted by Crippen LogP contribution is -2.36. The van der Waals surface area contributed by atoms with Crippen LogP contribution in [0, 0.1) is 0 Å². The van der Waals surface area contributed by atoms with E-state index in [1.807, 2.05) is 53.7 Å². The molecule has 5 heteroatoms. The van der Waals surface area contributed by atoms with Crippen molar-refractivity contribution in [1.82, 2.24) is 14.9 Å². The zero-order chi connectivity index (χ0) is 19.9. The Morgan fingerprint density at radius 1 is 1.35 bits per heavy atom. The fraction of sp³-hybridized carbons (Fsp3) is 0.524. The zero-order valence-corrected chi connectivity index (χ0v) is 17.1. The molecule has 1 atom stereocenters. The van der Waals surface area contributed by atoms with Gasteiger partial charge in [0.25, 0.3) is 0 Å². The highest BCUT2D eigenvalue weighted by Gasteiger charge is 2.34. The molecule has 1 fully saturated rings. The van der Waals surface area contributed by atoms with E-state index >= 15 is 0 Å². The molecule has 1 saturated heterocycles. The van der Waals surface area contributed by atoms with E-state index in [-0.39, 0.29) is 12.1 Å². The number of imidazole rings is 1. The molecular formula is C21H33N3O2. The SMILES string of the molecule is C=C(C)/C=C\C(=C)c1cnc(C2CCCN2C(=O)OC(C)(C)C)[nH]1.CC. The smallest absolute Gasteiger partial charge is 0.410 e. The van der Waals surface area contributed by atoms with E-state index in [0.29, 0.717) is 6.54 Å². The normalized spacial score (nSPS) is 17.0. The first-order chi connectivity index (χ1) is 12.2. The molecule has 0 radical (unpaired) electrons. The van der Waals surface area contributed by atoms with Crippen LogP contribution in [0.25, 0.3) is 5.57 Å². The molecular weight excluding hydrogens is 326 g/mol. The van der Waals surface area contributed by atoms with Crippen molar-refractivity contribution in [3.63, 3.8) is 0 Å². The van der Waals surface area contributed by atoms with Crippen molar-refractivity contribution in [1.29, 1.82) is 0 Å². The van der Waals surface area contributed by atoms with E-state index < -0.39 is 5.60 Å². The van der Waals surface area contributed by atoms with Gasteiger partial charge in [-0.25, -0.2) is 9.78 Å². The van der Waals surface area contributed by atoms with Gasteiger partial charge in [0.1, 0.15) is 11.4 Å². The summed E-state index contributed by atoms with van der Waals surface area (Å²) < 4.78 is 5.50. The van der Waals surface area contributed by atoms with E-state index in [0.717, 1.165) is 35.5 Å². The number of aromatic amines is 1. The summed E-state index contributed by atoms with van der Waals surface area (Å²) in [5.41, 5.74) is 2.14. The summed E-state index contributed by atoms with van der Waals surface area (Å²) in [6.45, 7) is 20.1. The Morgan fingerprint density at radius 2 is 2.00 bits per heavy atom. The van der Waals surface area contributed by atoms with Gasteiger partial charge in [-0.3, -0.25) is 4.90 Å². The highest BCUT2D eigenvalue weighted by atomic mass is 16.6. The predicted molar refractivity (Wildman–Crippen MR) is 108 cm³/mol. The first-order valence-electron chi connectivity index (χ1n) is 9.25. The Kier molecular flexibility index (Phi) is 7.87. The Labute approximate surface area is 157 Å². The summed E-state index contributed by atoms with van der Waals surface area (Å²) >= 11 is 0. The highest BCUT2D eigenvalue weighted by molar-refractivity contribution is 5.70. The number of amides is 1. The fourth-order valence-corrected chi connectivity index (χ4v) is 2.59. The van der Waals surface area contributed by atoms with E-state index in [4.69, 9.17) is 4.74 Å². The van der Waals surface area contributed by atoms with E-state index in [2.05, 4.69) is 23.1 Å². The molecule has 144 valence electrons. The number of aromatic nitrogens is 2. The lowest BCUT2D eigenvalue weighted by atomic mass is 10.2. The average molecular weight is 360 g/mol. The van der Waals surface area contributed by atoms with E-state index in [1.54, 1.807) is 11.1 Å². The average Bonchev–Trinajstić information content (AvgIpc) is 3.21. The molecule has 2 heterocycles. The largest absolute Gasteiger partial charge is 0.444 e. The van der Waals surface area contributed by atoms with Gasteiger partial charge in [-0.15, -0.1) is 0 Å². The molecule has 1 N–H and O–H groups in total. The van der Waals surface area contributed by atoms with Crippen LogP contribution in [0.3, 0.4) is 0 Å². The monoisotopic (exact) mass is 359 g/mol. The van der Waals surface area contributed by atoms with Crippen molar-refractivity contribution in [2.75, 3.05) is 6.54 Å². The van der Waals surface area contributed by atoms with Crippen molar-refractivity contribution in [2.24, 2.45) is 0 Å². The van der Waals surface area contributed by atoms with Crippen LogP contribution >= 0.6 is 0 Å². The molecule has 1 unspecified atom stereocenters. The minimum atomic E-state index is -0.500. The number of hydrogen-bond acceptors (Lipinski definition) is 3. The highest BCUT2D eigenvalue weighted by Crippen LogP contribution is 2.32. The van der Waals surface area contributed by atoms with Gasteiger partial charge in [-0.1, -0.05) is 44.7 Å². The second-order valence-electron chi connectivity index (χ2n) is 7.22. The van der Waals surface area contributed by atoms with Crippen LogP contribution in [0.2, 0.25) is 0 Å². The van der Waals surface area contributed by atoms with Gasteiger partial charge in [0, 0.05) is 6.54 Å². The third-order valence-electron chi connectivity index (χ3n) is 3.71. The number of rotatable bonds is 4. The maximum absolute atomic E-state index is 12.4. The molecule has 0 aliphatic carbocycles. The quantitative estimate of drug-likeness (QED) is 0.706. The molecule has 0 saturated carbocycles. The maximum Gasteiger partial charge on any atom is 0.410 e. The van der Waals surface area contributed by atoms with Gasteiger partial charge in [0.05, 0.1) is 17.9 Å². The lowest BCUT2D eigenvalue weighted by Gasteiger charge is -2.27. The summed E-state index contributed by atoms with van der Waals surface area (Å²) in [5, 5.41) is 0. The van der Waals surface area contributed by atoms with Gasteiger partial charge in [0.2, 0.25) is 0 Å². The lowest BCUT2D eigenvalue weighted by molar-refractivity contribution is 0.0218. The van der Waals surface area contributed by atoms with Crippen LogP contribution in [0.1, 0.15) is 71.9 Å². The molecule has 0 aromatic carbocycles. The zero-order valence-electron chi connectivity index (χ0n) is 17.1. The summed E-state index contributed by atoms with van der Waals surface area (Å²) in [6.07, 6.45) is 7.10. The summed E-state index contributed by atoms with van der Waals surface area (Å²) in [7, 11) is 0. The first-order valence-corrected chi connectivity index (χ1v) is 9.25. The van der Waals surface area contributed by atoms with Gasteiger partial charge in [-0.2, -0.15) is 0 Å². The molecule has 1 aliphatic heterocycles. The third kappa shape index (κ3) is 6.21. The number of likely N-dealkylation sites (tertiary alicyclic amines) is 1. The van der Waals surface area contributed by atoms with Crippen LogP contribution in [0.15, 0.2) is 37.1 Å². The summed E-state index contributed by atoms with van der Waals surface area (Å²) in [5.74, 6) is 0.776. The van der Waals surface area contributed by atoms with E-state index in [1.165, 1.54) is 0 Å². The van der Waals surface area contributed by atoms with Gasteiger partial charge in [-0.05, 0) is 46.1 Å². The number of nitrogens with zero attached hydrogens (tertiary/aromatic N) is 2. The van der Waals surface area contributed by atoms with Gasteiger partial charge in [0.15, 0.2) is 0 Å².